The van der Waals surface area contributed by atoms with E-state index in [0.717, 1.165) is 0 Å². The highest BCUT2D eigenvalue weighted by Gasteiger charge is 2.10. The van der Waals surface area contributed by atoms with Gasteiger partial charge in [-0.2, -0.15) is 15.0 Å². The van der Waals surface area contributed by atoms with E-state index in [2.05, 4.69) is 20.3 Å². The second-order valence-electron chi connectivity index (χ2n) is 3.06. The lowest BCUT2D eigenvalue weighted by molar-refractivity contribution is 0.301. The summed E-state index contributed by atoms with van der Waals surface area (Å²) in [6.45, 7) is 5.84. The Labute approximate surface area is 99.7 Å². The van der Waals surface area contributed by atoms with Gasteiger partial charge in [0.05, 0.1) is 6.61 Å². The Balaban J connectivity index is 2.92. The summed E-state index contributed by atoms with van der Waals surface area (Å²) in [5.41, 5.74) is 0. The molecule has 0 aliphatic rings. The first kappa shape index (κ1) is 12.9. The van der Waals surface area contributed by atoms with E-state index in [1.807, 2.05) is 18.7 Å². The summed E-state index contributed by atoms with van der Waals surface area (Å²) in [5.74, 6) is 0.932. The zero-order valence-corrected chi connectivity index (χ0v) is 10.2. The first-order chi connectivity index (χ1) is 7.71. The van der Waals surface area contributed by atoms with Crippen LogP contribution in [0.4, 0.5) is 11.9 Å². The van der Waals surface area contributed by atoms with Gasteiger partial charge >= 0.3 is 0 Å². The van der Waals surface area contributed by atoms with Crippen LogP contribution in [-0.2, 0) is 0 Å². The number of halogens is 1. The van der Waals surface area contributed by atoms with Crippen molar-refractivity contribution in [2.45, 2.75) is 13.8 Å². The van der Waals surface area contributed by atoms with Gasteiger partial charge in [-0.15, -0.1) is 0 Å². The zero-order valence-electron chi connectivity index (χ0n) is 9.44. The topological polar surface area (TPSA) is 74.2 Å². The highest BCUT2D eigenvalue weighted by atomic mass is 35.5. The minimum absolute atomic E-state index is 0.0493. The maximum atomic E-state index is 8.91. The molecule has 0 unspecified atom stereocenters. The van der Waals surface area contributed by atoms with Gasteiger partial charge in [0, 0.05) is 19.6 Å². The van der Waals surface area contributed by atoms with Crippen LogP contribution in [0.15, 0.2) is 0 Å². The van der Waals surface area contributed by atoms with Gasteiger partial charge in [0.1, 0.15) is 0 Å². The Morgan fingerprint density at radius 1 is 1.31 bits per heavy atom. The lowest BCUT2D eigenvalue weighted by Gasteiger charge is -2.19. The summed E-state index contributed by atoms with van der Waals surface area (Å²) in [5, 5.41) is 12.0. The van der Waals surface area contributed by atoms with Gasteiger partial charge in [0.2, 0.25) is 17.2 Å². The highest BCUT2D eigenvalue weighted by Crippen LogP contribution is 2.13. The van der Waals surface area contributed by atoms with E-state index in [0.29, 0.717) is 31.5 Å². The molecule has 0 radical (unpaired) electrons. The molecule has 7 heteroatoms. The number of aliphatic hydroxyl groups excluding tert-OH is 1. The van der Waals surface area contributed by atoms with E-state index in [1.54, 1.807) is 0 Å². The van der Waals surface area contributed by atoms with Crippen LogP contribution in [0.25, 0.3) is 0 Å². The number of rotatable bonds is 6. The van der Waals surface area contributed by atoms with Crippen LogP contribution in [0.2, 0.25) is 5.28 Å². The third-order valence-electron chi connectivity index (χ3n) is 1.97. The molecule has 0 saturated heterocycles. The Morgan fingerprint density at radius 2 is 2.06 bits per heavy atom. The molecule has 1 rings (SSSR count). The smallest absolute Gasteiger partial charge is 0.231 e. The SMILES string of the molecule is CCNc1nc(Cl)nc(N(CC)CCO)n1. The first-order valence-electron chi connectivity index (χ1n) is 5.22. The second kappa shape index (κ2) is 6.44. The number of hydrogen-bond donors (Lipinski definition) is 2. The lowest BCUT2D eigenvalue weighted by atomic mass is 10.5. The molecule has 1 aromatic rings. The molecule has 0 bridgehead atoms. The molecule has 0 aliphatic heterocycles. The van der Waals surface area contributed by atoms with Crippen molar-refractivity contribution >= 4 is 23.5 Å². The van der Waals surface area contributed by atoms with Gasteiger partial charge in [-0.1, -0.05) is 0 Å². The van der Waals surface area contributed by atoms with Crippen molar-refractivity contribution in [3.05, 3.63) is 5.28 Å². The number of hydrogen-bond acceptors (Lipinski definition) is 6. The Kier molecular flexibility index (Phi) is 5.21. The number of aliphatic hydroxyl groups is 1. The van der Waals surface area contributed by atoms with Crippen molar-refractivity contribution in [3.63, 3.8) is 0 Å². The van der Waals surface area contributed by atoms with Gasteiger partial charge in [0.25, 0.3) is 0 Å². The minimum Gasteiger partial charge on any atom is -0.395 e. The Bertz CT molecular complexity index is 336. The summed E-state index contributed by atoms with van der Waals surface area (Å²) < 4.78 is 0. The maximum Gasteiger partial charge on any atom is 0.231 e. The van der Waals surface area contributed by atoms with E-state index in [4.69, 9.17) is 16.7 Å². The standard InChI is InChI=1S/C9H16ClN5O/c1-3-11-8-12-7(10)13-9(14-8)15(4-2)5-6-16/h16H,3-6H2,1-2H3,(H,11,12,13,14). The van der Waals surface area contributed by atoms with Crippen molar-refractivity contribution in [2.24, 2.45) is 0 Å². The van der Waals surface area contributed by atoms with Crippen LogP contribution in [0.1, 0.15) is 13.8 Å². The molecule has 0 aromatic carbocycles. The number of aromatic nitrogens is 3. The van der Waals surface area contributed by atoms with E-state index in [1.165, 1.54) is 0 Å². The average molecular weight is 246 g/mol. The fraction of sp³-hybridized carbons (Fsp3) is 0.667. The van der Waals surface area contributed by atoms with Crippen molar-refractivity contribution < 1.29 is 5.11 Å². The minimum atomic E-state index is 0.0493. The monoisotopic (exact) mass is 245 g/mol. The normalized spacial score (nSPS) is 10.2. The highest BCUT2D eigenvalue weighted by molar-refractivity contribution is 6.28. The molecular weight excluding hydrogens is 230 g/mol. The molecule has 0 fully saturated rings. The third kappa shape index (κ3) is 3.46. The van der Waals surface area contributed by atoms with Crippen LogP contribution < -0.4 is 10.2 Å². The maximum absolute atomic E-state index is 8.91. The van der Waals surface area contributed by atoms with Crippen LogP contribution in [-0.4, -0.2) is 46.3 Å². The van der Waals surface area contributed by atoms with Crippen LogP contribution in [0.3, 0.4) is 0 Å². The van der Waals surface area contributed by atoms with Gasteiger partial charge in [0.15, 0.2) is 0 Å². The second-order valence-corrected chi connectivity index (χ2v) is 3.40. The van der Waals surface area contributed by atoms with Gasteiger partial charge < -0.3 is 15.3 Å². The fourth-order valence-corrected chi connectivity index (χ4v) is 1.39. The summed E-state index contributed by atoms with van der Waals surface area (Å²) >= 11 is 5.80. The molecule has 90 valence electrons. The molecule has 0 spiro atoms. The molecule has 0 amide bonds. The van der Waals surface area contributed by atoms with Crippen LogP contribution >= 0.6 is 11.6 Å². The van der Waals surface area contributed by atoms with Crippen molar-refractivity contribution in [1.82, 2.24) is 15.0 Å². The molecule has 0 aliphatic carbocycles. The average Bonchev–Trinajstić information content (AvgIpc) is 2.25. The fourth-order valence-electron chi connectivity index (χ4n) is 1.24. The largest absolute Gasteiger partial charge is 0.395 e. The van der Waals surface area contributed by atoms with E-state index >= 15 is 0 Å². The lowest BCUT2D eigenvalue weighted by Crippen LogP contribution is -2.28. The van der Waals surface area contributed by atoms with E-state index in [9.17, 15) is 0 Å². The van der Waals surface area contributed by atoms with Crippen molar-refractivity contribution in [3.8, 4) is 0 Å². The molecular formula is C9H16ClN5O. The number of anilines is 2. The molecule has 0 saturated carbocycles. The molecule has 1 aromatic heterocycles. The van der Waals surface area contributed by atoms with Gasteiger partial charge in [-0.3, -0.25) is 0 Å². The predicted octanol–water partition coefficient (Wildman–Crippen LogP) is 0.775. The Hall–Kier alpha value is -1.14. The molecule has 1 heterocycles. The number of nitrogens with one attached hydrogen (secondary N) is 1. The number of likely N-dealkylation sites (N-methyl/N-ethyl adjacent to an activating group) is 1. The number of nitrogens with zero attached hydrogens (tertiary/aromatic N) is 4. The third-order valence-corrected chi connectivity index (χ3v) is 2.13. The van der Waals surface area contributed by atoms with Gasteiger partial charge in [-0.05, 0) is 25.4 Å². The summed E-state index contributed by atoms with van der Waals surface area (Å²) in [7, 11) is 0. The van der Waals surface area contributed by atoms with Gasteiger partial charge in [-0.25, -0.2) is 0 Å². The zero-order chi connectivity index (χ0) is 12.0. The van der Waals surface area contributed by atoms with E-state index < -0.39 is 0 Å². The predicted molar refractivity (Wildman–Crippen MR) is 64.0 cm³/mol. The summed E-state index contributed by atoms with van der Waals surface area (Å²) in [4.78, 5) is 14.0. The first-order valence-corrected chi connectivity index (χ1v) is 5.60. The molecule has 6 nitrogen and oxygen atoms in total. The molecule has 16 heavy (non-hydrogen) atoms. The summed E-state index contributed by atoms with van der Waals surface area (Å²) in [6.07, 6.45) is 0. The Morgan fingerprint density at radius 3 is 2.62 bits per heavy atom. The van der Waals surface area contributed by atoms with E-state index in [-0.39, 0.29) is 11.9 Å². The van der Waals surface area contributed by atoms with Crippen LogP contribution in [0.5, 0.6) is 0 Å². The van der Waals surface area contributed by atoms with Crippen molar-refractivity contribution in [2.75, 3.05) is 36.5 Å². The van der Waals surface area contributed by atoms with Crippen molar-refractivity contribution in [1.29, 1.82) is 0 Å². The molecule has 2 N–H and O–H groups in total. The van der Waals surface area contributed by atoms with Crippen LogP contribution in [0, 0.1) is 0 Å². The summed E-state index contributed by atoms with van der Waals surface area (Å²) in [6, 6.07) is 0. The molecule has 0 atom stereocenters. The quantitative estimate of drug-likeness (QED) is 0.772.